The molecule has 2 aromatic carbocycles. The molecule has 0 saturated carbocycles. The van der Waals surface area contributed by atoms with Gasteiger partial charge in [0, 0.05) is 16.0 Å². The minimum atomic E-state index is -3.99. The first-order valence-electron chi connectivity index (χ1n) is 7.55. The first-order valence-corrected chi connectivity index (χ1v) is 9.41. The summed E-state index contributed by atoms with van der Waals surface area (Å²) in [5.74, 6) is -0.885. The number of benzene rings is 2. The molecule has 0 aromatic heterocycles. The average Bonchev–Trinajstić information content (AvgIpc) is 2.49. The lowest BCUT2D eigenvalue weighted by Crippen LogP contribution is -2.23. The molecule has 2 rings (SSSR count). The third-order valence-electron chi connectivity index (χ3n) is 3.59. The highest BCUT2D eigenvalue weighted by Crippen LogP contribution is 2.30. The van der Waals surface area contributed by atoms with Crippen LogP contribution in [-0.2, 0) is 10.0 Å². The van der Waals surface area contributed by atoms with Crippen LogP contribution >= 0.6 is 11.6 Å². The Bertz CT molecular complexity index is 917. The van der Waals surface area contributed by atoms with Crippen molar-refractivity contribution in [3.05, 3.63) is 58.4 Å². The molecule has 0 heterocycles. The van der Waals surface area contributed by atoms with Gasteiger partial charge >= 0.3 is 0 Å². The van der Waals surface area contributed by atoms with Gasteiger partial charge in [0.2, 0.25) is 0 Å². The van der Waals surface area contributed by atoms with Crippen LogP contribution in [0.4, 0.5) is 10.1 Å². The van der Waals surface area contributed by atoms with Crippen LogP contribution in [-0.4, -0.2) is 14.2 Å². The molecule has 2 aromatic rings. The summed E-state index contributed by atoms with van der Waals surface area (Å²) in [6.07, 6.45) is 0. The van der Waals surface area contributed by atoms with Gasteiger partial charge in [0.25, 0.3) is 10.0 Å². The average molecular weight is 384 g/mol. The Labute approximate surface area is 152 Å². The fourth-order valence-corrected chi connectivity index (χ4v) is 3.37. The standard InChI is InChI=1S/C18H19ClFNO3S/c1-11-9-14(17(22)18(2,3)4)16(10-15(11)20)21-25(23,24)13-7-5-12(19)6-8-13/h5-10,21H,1-4H3. The highest BCUT2D eigenvalue weighted by atomic mass is 35.5. The van der Waals surface area contributed by atoms with Crippen LogP contribution in [0.25, 0.3) is 0 Å². The zero-order chi connectivity index (χ0) is 19.0. The molecule has 0 saturated heterocycles. The van der Waals surface area contributed by atoms with Gasteiger partial charge in [0.15, 0.2) is 5.78 Å². The minimum Gasteiger partial charge on any atom is -0.294 e. The van der Waals surface area contributed by atoms with Gasteiger partial charge in [-0.3, -0.25) is 9.52 Å². The summed E-state index contributed by atoms with van der Waals surface area (Å²) in [4.78, 5) is 12.6. The molecule has 0 radical (unpaired) electrons. The first kappa shape index (κ1) is 19.4. The maximum absolute atomic E-state index is 14.0. The molecule has 7 heteroatoms. The lowest BCUT2D eigenvalue weighted by atomic mass is 9.85. The fourth-order valence-electron chi connectivity index (χ4n) is 2.18. The van der Waals surface area contributed by atoms with Crippen molar-refractivity contribution < 1.29 is 17.6 Å². The van der Waals surface area contributed by atoms with E-state index in [9.17, 15) is 17.6 Å². The molecule has 0 amide bonds. The zero-order valence-electron chi connectivity index (χ0n) is 14.4. The highest BCUT2D eigenvalue weighted by Gasteiger charge is 2.28. The molecule has 0 aliphatic rings. The number of nitrogens with one attached hydrogen (secondary N) is 1. The van der Waals surface area contributed by atoms with E-state index in [2.05, 4.69) is 4.72 Å². The van der Waals surface area contributed by atoms with Gasteiger partial charge in [-0.15, -0.1) is 0 Å². The maximum atomic E-state index is 14.0. The first-order chi connectivity index (χ1) is 11.4. The van der Waals surface area contributed by atoms with Crippen LogP contribution in [0.3, 0.4) is 0 Å². The molecule has 0 aliphatic heterocycles. The summed E-state index contributed by atoms with van der Waals surface area (Å²) >= 11 is 5.77. The Hall–Kier alpha value is -1.92. The molecule has 134 valence electrons. The summed E-state index contributed by atoms with van der Waals surface area (Å²) in [7, 11) is -3.99. The Morgan fingerprint density at radius 1 is 1.12 bits per heavy atom. The van der Waals surface area contributed by atoms with Gasteiger partial charge < -0.3 is 0 Å². The van der Waals surface area contributed by atoms with Crippen LogP contribution < -0.4 is 4.72 Å². The number of rotatable bonds is 4. The van der Waals surface area contributed by atoms with Crippen molar-refractivity contribution in [3.63, 3.8) is 0 Å². The summed E-state index contributed by atoms with van der Waals surface area (Å²) in [6, 6.07) is 7.94. The summed E-state index contributed by atoms with van der Waals surface area (Å²) in [5, 5.41) is 0.393. The van der Waals surface area contributed by atoms with Crippen molar-refractivity contribution in [2.24, 2.45) is 5.41 Å². The number of ketones is 1. The minimum absolute atomic E-state index is 0.0351. The topological polar surface area (TPSA) is 63.2 Å². The van der Waals surface area contributed by atoms with E-state index in [1.54, 1.807) is 20.8 Å². The molecular formula is C18H19ClFNO3S. The van der Waals surface area contributed by atoms with Crippen molar-refractivity contribution in [3.8, 4) is 0 Å². The van der Waals surface area contributed by atoms with E-state index in [0.717, 1.165) is 6.07 Å². The van der Waals surface area contributed by atoms with E-state index in [1.165, 1.54) is 37.3 Å². The monoisotopic (exact) mass is 383 g/mol. The van der Waals surface area contributed by atoms with E-state index in [-0.39, 0.29) is 27.5 Å². The van der Waals surface area contributed by atoms with Gasteiger partial charge in [-0.25, -0.2) is 12.8 Å². The van der Waals surface area contributed by atoms with E-state index in [0.29, 0.717) is 5.02 Å². The molecular weight excluding hydrogens is 365 g/mol. The third-order valence-corrected chi connectivity index (χ3v) is 5.23. The lowest BCUT2D eigenvalue weighted by molar-refractivity contribution is 0.0859. The van der Waals surface area contributed by atoms with Gasteiger partial charge in [-0.2, -0.15) is 0 Å². The van der Waals surface area contributed by atoms with Crippen molar-refractivity contribution >= 4 is 33.1 Å². The number of carbonyl (C=O) groups is 1. The zero-order valence-corrected chi connectivity index (χ0v) is 15.9. The molecule has 4 nitrogen and oxygen atoms in total. The molecule has 0 fully saturated rings. The van der Waals surface area contributed by atoms with Gasteiger partial charge in [0.05, 0.1) is 10.6 Å². The van der Waals surface area contributed by atoms with E-state index in [4.69, 9.17) is 11.6 Å². The number of halogens is 2. The van der Waals surface area contributed by atoms with E-state index >= 15 is 0 Å². The maximum Gasteiger partial charge on any atom is 0.261 e. The van der Waals surface area contributed by atoms with Crippen LogP contribution in [0.1, 0.15) is 36.7 Å². The molecule has 0 atom stereocenters. The van der Waals surface area contributed by atoms with E-state index < -0.39 is 21.3 Å². The molecule has 1 N–H and O–H groups in total. The number of sulfonamides is 1. The smallest absolute Gasteiger partial charge is 0.261 e. The van der Waals surface area contributed by atoms with Crippen molar-refractivity contribution in [2.75, 3.05) is 4.72 Å². The lowest BCUT2D eigenvalue weighted by Gasteiger charge is -2.20. The van der Waals surface area contributed by atoms with Crippen molar-refractivity contribution in [2.45, 2.75) is 32.6 Å². The molecule has 0 spiro atoms. The Morgan fingerprint density at radius 3 is 2.20 bits per heavy atom. The molecule has 0 aliphatic carbocycles. The Kier molecular flexibility index (Phi) is 5.25. The van der Waals surface area contributed by atoms with Crippen molar-refractivity contribution in [1.82, 2.24) is 0 Å². The number of carbonyl (C=O) groups excluding carboxylic acids is 1. The van der Waals surface area contributed by atoms with E-state index in [1.807, 2.05) is 0 Å². The van der Waals surface area contributed by atoms with Crippen LogP contribution in [0.15, 0.2) is 41.3 Å². The fraction of sp³-hybridized carbons (Fsp3) is 0.278. The number of hydrogen-bond donors (Lipinski definition) is 1. The summed E-state index contributed by atoms with van der Waals surface area (Å²) < 4.78 is 41.4. The quantitative estimate of drug-likeness (QED) is 0.770. The molecule has 25 heavy (non-hydrogen) atoms. The predicted molar refractivity (Wildman–Crippen MR) is 97.2 cm³/mol. The van der Waals surface area contributed by atoms with Gasteiger partial charge in [-0.05, 0) is 48.9 Å². The number of anilines is 1. The summed E-state index contributed by atoms with van der Waals surface area (Å²) in [6.45, 7) is 6.66. The third kappa shape index (κ3) is 4.38. The summed E-state index contributed by atoms with van der Waals surface area (Å²) in [5.41, 5.74) is -0.436. The number of aryl methyl sites for hydroxylation is 1. The largest absolute Gasteiger partial charge is 0.294 e. The van der Waals surface area contributed by atoms with Gasteiger partial charge in [0.1, 0.15) is 5.82 Å². The molecule has 0 bridgehead atoms. The Morgan fingerprint density at radius 2 is 1.68 bits per heavy atom. The Balaban J connectivity index is 2.53. The predicted octanol–water partition coefficient (Wildman–Crippen LogP) is 4.82. The second-order valence-electron chi connectivity index (χ2n) is 6.79. The normalized spacial score (nSPS) is 12.1. The number of hydrogen-bond acceptors (Lipinski definition) is 3. The SMILES string of the molecule is Cc1cc(C(=O)C(C)(C)C)c(NS(=O)(=O)c2ccc(Cl)cc2)cc1F. The second kappa shape index (κ2) is 6.77. The molecule has 0 unspecified atom stereocenters. The van der Waals surface area contributed by atoms with Crippen molar-refractivity contribution in [1.29, 1.82) is 0 Å². The van der Waals surface area contributed by atoms with Crippen LogP contribution in [0.5, 0.6) is 0 Å². The second-order valence-corrected chi connectivity index (χ2v) is 8.90. The van der Waals surface area contributed by atoms with Crippen LogP contribution in [0, 0.1) is 18.2 Å². The van der Waals surface area contributed by atoms with Crippen LogP contribution in [0.2, 0.25) is 5.02 Å². The highest BCUT2D eigenvalue weighted by molar-refractivity contribution is 7.92. The van der Waals surface area contributed by atoms with Gasteiger partial charge in [-0.1, -0.05) is 32.4 Å². The number of Topliss-reactive ketones (excluding diaryl/α,β-unsaturated/α-hetero) is 1.